The third kappa shape index (κ3) is 4.46. The summed E-state index contributed by atoms with van der Waals surface area (Å²) in [6, 6.07) is -0.0768. The van der Waals surface area contributed by atoms with Gasteiger partial charge in [-0.05, 0) is 6.92 Å². The van der Waals surface area contributed by atoms with Crippen molar-refractivity contribution in [1.82, 2.24) is 14.9 Å². The fourth-order valence-electron chi connectivity index (χ4n) is 1.64. The first-order valence-corrected chi connectivity index (χ1v) is 5.96. The maximum absolute atomic E-state index is 12.3. The smallest absolute Gasteiger partial charge is 0.274 e. The van der Waals surface area contributed by atoms with Gasteiger partial charge in [-0.2, -0.15) is 0 Å². The number of anilines is 1. The zero-order valence-corrected chi connectivity index (χ0v) is 11.5. The Balaban J connectivity index is 2.83. The van der Waals surface area contributed by atoms with Gasteiger partial charge in [-0.15, -0.1) is 0 Å². The van der Waals surface area contributed by atoms with Crippen LogP contribution in [0.4, 0.5) is 5.82 Å². The molecule has 0 aliphatic heterocycles. The molecular weight excluding hydrogens is 248 g/mol. The number of hydrogen-bond acceptors (Lipinski definition) is 6. The van der Waals surface area contributed by atoms with Crippen LogP contribution >= 0.6 is 0 Å². The first-order valence-electron chi connectivity index (χ1n) is 5.96. The second-order valence-corrected chi connectivity index (χ2v) is 4.12. The minimum absolute atomic E-state index is 0.0768. The van der Waals surface area contributed by atoms with Crippen LogP contribution in [-0.2, 0) is 9.47 Å². The summed E-state index contributed by atoms with van der Waals surface area (Å²) in [5, 5.41) is 0. The Kier molecular flexibility index (Phi) is 6.17. The van der Waals surface area contributed by atoms with Gasteiger partial charge in [-0.1, -0.05) is 0 Å². The van der Waals surface area contributed by atoms with E-state index in [0.29, 0.717) is 19.8 Å². The largest absolute Gasteiger partial charge is 0.383 e. The van der Waals surface area contributed by atoms with Crippen molar-refractivity contribution in [1.29, 1.82) is 0 Å². The lowest BCUT2D eigenvalue weighted by molar-refractivity contribution is 0.0474. The fourth-order valence-corrected chi connectivity index (χ4v) is 1.64. The normalized spacial score (nSPS) is 12.2. The van der Waals surface area contributed by atoms with Gasteiger partial charge < -0.3 is 20.1 Å². The molecule has 2 N–H and O–H groups in total. The number of amides is 1. The molecule has 1 rings (SSSR count). The summed E-state index contributed by atoms with van der Waals surface area (Å²) in [5.74, 6) is 0.0685. The predicted octanol–water partition coefficient (Wildman–Crippen LogP) is 0.182. The number of nitrogens with zero attached hydrogens (tertiary/aromatic N) is 3. The molecular formula is C12H20N4O3. The quantitative estimate of drug-likeness (QED) is 0.758. The van der Waals surface area contributed by atoms with Crippen molar-refractivity contribution in [2.45, 2.75) is 13.0 Å². The Hall–Kier alpha value is -1.73. The molecule has 7 nitrogen and oxygen atoms in total. The summed E-state index contributed by atoms with van der Waals surface area (Å²) in [5.41, 5.74) is 5.71. The van der Waals surface area contributed by atoms with Gasteiger partial charge in [0.05, 0.1) is 31.6 Å². The lowest BCUT2D eigenvalue weighted by Crippen LogP contribution is -2.43. The Morgan fingerprint density at radius 2 is 2.11 bits per heavy atom. The van der Waals surface area contributed by atoms with E-state index in [1.165, 1.54) is 12.4 Å². The lowest BCUT2D eigenvalue weighted by atomic mass is 10.2. The second-order valence-electron chi connectivity index (χ2n) is 4.12. The summed E-state index contributed by atoms with van der Waals surface area (Å²) in [6.45, 7) is 3.26. The molecule has 0 saturated heterocycles. The topological polar surface area (TPSA) is 90.6 Å². The van der Waals surface area contributed by atoms with Crippen LogP contribution in [0.15, 0.2) is 12.4 Å². The molecule has 0 bridgehead atoms. The number of aromatic nitrogens is 2. The Morgan fingerprint density at radius 3 is 2.63 bits per heavy atom. The molecule has 1 atom stereocenters. The molecule has 0 fully saturated rings. The minimum Gasteiger partial charge on any atom is -0.383 e. The van der Waals surface area contributed by atoms with E-state index in [-0.39, 0.29) is 23.5 Å². The molecule has 1 aromatic rings. The maximum atomic E-state index is 12.3. The Labute approximate surface area is 112 Å². The van der Waals surface area contributed by atoms with Gasteiger partial charge in [0.1, 0.15) is 11.5 Å². The van der Waals surface area contributed by atoms with E-state index in [2.05, 4.69) is 9.97 Å². The van der Waals surface area contributed by atoms with E-state index in [4.69, 9.17) is 15.2 Å². The minimum atomic E-state index is -0.214. The summed E-state index contributed by atoms with van der Waals surface area (Å²) >= 11 is 0. The van der Waals surface area contributed by atoms with Gasteiger partial charge in [0.2, 0.25) is 0 Å². The lowest BCUT2D eigenvalue weighted by Gasteiger charge is -2.28. The van der Waals surface area contributed by atoms with Crippen molar-refractivity contribution < 1.29 is 14.3 Å². The van der Waals surface area contributed by atoms with Gasteiger partial charge in [-0.25, -0.2) is 9.97 Å². The highest BCUT2D eigenvalue weighted by atomic mass is 16.5. The SMILES string of the molecule is COCCN(C(=O)c1cnc(N)cn1)C(C)COC. The van der Waals surface area contributed by atoms with Crippen molar-refractivity contribution in [2.75, 3.05) is 39.7 Å². The van der Waals surface area contributed by atoms with E-state index in [0.717, 1.165) is 0 Å². The number of nitrogens with two attached hydrogens (primary N) is 1. The van der Waals surface area contributed by atoms with Crippen LogP contribution in [0.3, 0.4) is 0 Å². The maximum Gasteiger partial charge on any atom is 0.274 e. The number of ether oxygens (including phenoxy) is 2. The molecule has 0 aromatic carbocycles. The van der Waals surface area contributed by atoms with E-state index in [1.807, 2.05) is 6.92 Å². The highest BCUT2D eigenvalue weighted by Crippen LogP contribution is 2.07. The number of methoxy groups -OCH3 is 2. The van der Waals surface area contributed by atoms with Gasteiger partial charge in [-0.3, -0.25) is 4.79 Å². The molecule has 1 heterocycles. The standard InChI is InChI=1S/C12H20N4O3/c1-9(8-19-3)16(4-5-18-2)12(17)10-6-15-11(13)7-14-10/h6-7,9H,4-5,8H2,1-3H3,(H2,13,15). The highest BCUT2D eigenvalue weighted by molar-refractivity contribution is 5.92. The van der Waals surface area contributed by atoms with E-state index >= 15 is 0 Å². The summed E-state index contributed by atoms with van der Waals surface area (Å²) in [6.07, 6.45) is 2.74. The van der Waals surface area contributed by atoms with E-state index in [9.17, 15) is 4.79 Å². The van der Waals surface area contributed by atoms with E-state index < -0.39 is 0 Å². The summed E-state index contributed by atoms with van der Waals surface area (Å²) in [4.78, 5) is 21.9. The predicted molar refractivity (Wildman–Crippen MR) is 70.7 cm³/mol. The summed E-state index contributed by atoms with van der Waals surface area (Å²) in [7, 11) is 3.19. The fraction of sp³-hybridized carbons (Fsp3) is 0.583. The number of rotatable bonds is 7. The number of nitrogen functional groups attached to an aromatic ring is 1. The van der Waals surface area contributed by atoms with Crippen LogP contribution in [-0.4, -0.2) is 60.8 Å². The Morgan fingerprint density at radius 1 is 1.37 bits per heavy atom. The zero-order valence-electron chi connectivity index (χ0n) is 11.5. The molecule has 0 saturated carbocycles. The van der Waals surface area contributed by atoms with Crippen LogP contribution in [0.1, 0.15) is 17.4 Å². The van der Waals surface area contributed by atoms with Crippen LogP contribution in [0, 0.1) is 0 Å². The molecule has 0 radical (unpaired) electrons. The monoisotopic (exact) mass is 268 g/mol. The molecule has 0 aliphatic carbocycles. The summed E-state index contributed by atoms with van der Waals surface area (Å²) < 4.78 is 10.1. The van der Waals surface area contributed by atoms with Gasteiger partial charge in [0.15, 0.2) is 0 Å². The molecule has 0 aliphatic rings. The van der Waals surface area contributed by atoms with Crippen molar-refractivity contribution in [3.63, 3.8) is 0 Å². The van der Waals surface area contributed by atoms with Crippen LogP contribution in [0.25, 0.3) is 0 Å². The third-order valence-corrected chi connectivity index (χ3v) is 2.63. The average Bonchev–Trinajstić information content (AvgIpc) is 2.40. The van der Waals surface area contributed by atoms with E-state index in [1.54, 1.807) is 19.1 Å². The van der Waals surface area contributed by atoms with Crippen molar-refractivity contribution >= 4 is 11.7 Å². The van der Waals surface area contributed by atoms with Gasteiger partial charge in [0, 0.05) is 20.8 Å². The van der Waals surface area contributed by atoms with Crippen molar-refractivity contribution in [3.8, 4) is 0 Å². The molecule has 1 unspecified atom stereocenters. The Bertz CT molecular complexity index is 396. The van der Waals surface area contributed by atoms with Crippen LogP contribution in [0.2, 0.25) is 0 Å². The van der Waals surface area contributed by atoms with Gasteiger partial charge in [0.25, 0.3) is 5.91 Å². The zero-order chi connectivity index (χ0) is 14.3. The van der Waals surface area contributed by atoms with Gasteiger partial charge >= 0.3 is 0 Å². The first kappa shape index (κ1) is 15.3. The molecule has 1 amide bonds. The van der Waals surface area contributed by atoms with Crippen molar-refractivity contribution in [3.05, 3.63) is 18.1 Å². The molecule has 1 aromatic heterocycles. The molecule has 0 spiro atoms. The van der Waals surface area contributed by atoms with Crippen LogP contribution in [0.5, 0.6) is 0 Å². The first-order chi connectivity index (χ1) is 9.10. The van der Waals surface area contributed by atoms with Crippen molar-refractivity contribution in [2.24, 2.45) is 0 Å². The molecule has 7 heteroatoms. The average molecular weight is 268 g/mol. The van der Waals surface area contributed by atoms with Crippen LogP contribution < -0.4 is 5.73 Å². The number of hydrogen-bond donors (Lipinski definition) is 1. The number of carbonyl (C=O) groups is 1. The second kappa shape index (κ2) is 7.65. The molecule has 106 valence electrons. The third-order valence-electron chi connectivity index (χ3n) is 2.63. The highest BCUT2D eigenvalue weighted by Gasteiger charge is 2.22. The molecule has 19 heavy (non-hydrogen) atoms. The number of carbonyl (C=O) groups excluding carboxylic acids is 1.